The molecular formula is C18H29NO. The van der Waals surface area contributed by atoms with Gasteiger partial charge in [0.25, 0.3) is 0 Å². The summed E-state index contributed by atoms with van der Waals surface area (Å²) in [5.41, 5.74) is 4.41. The summed E-state index contributed by atoms with van der Waals surface area (Å²) < 4.78 is 5.89. The minimum atomic E-state index is 0.241. The molecule has 1 fully saturated rings. The molecule has 2 rings (SSSR count). The molecule has 2 unspecified atom stereocenters. The highest BCUT2D eigenvalue weighted by atomic mass is 16.5. The molecule has 2 atom stereocenters. The van der Waals surface area contributed by atoms with Gasteiger partial charge >= 0.3 is 0 Å². The van der Waals surface area contributed by atoms with Crippen molar-refractivity contribution in [3.63, 3.8) is 0 Å². The molecule has 1 aliphatic rings. The quantitative estimate of drug-likeness (QED) is 0.886. The van der Waals surface area contributed by atoms with Crippen LogP contribution in [0.4, 0.5) is 0 Å². The fourth-order valence-electron chi connectivity index (χ4n) is 3.33. The van der Waals surface area contributed by atoms with Crippen LogP contribution in [-0.2, 0) is 11.2 Å². The Bertz CT molecular complexity index is 434. The monoisotopic (exact) mass is 275 g/mol. The lowest BCUT2D eigenvalue weighted by molar-refractivity contribution is 0.0620. The second-order valence-electron chi connectivity index (χ2n) is 6.83. The smallest absolute Gasteiger partial charge is 0.0619 e. The molecule has 1 N–H and O–H groups in total. The molecule has 0 aliphatic carbocycles. The molecule has 20 heavy (non-hydrogen) atoms. The lowest BCUT2D eigenvalue weighted by Gasteiger charge is -2.34. The zero-order valence-electron chi connectivity index (χ0n) is 13.6. The highest BCUT2D eigenvalue weighted by molar-refractivity contribution is 5.29. The van der Waals surface area contributed by atoms with Crippen molar-refractivity contribution in [2.45, 2.75) is 59.6 Å². The van der Waals surface area contributed by atoms with E-state index in [0.717, 1.165) is 26.0 Å². The van der Waals surface area contributed by atoms with Crippen molar-refractivity contribution in [2.75, 3.05) is 13.2 Å². The van der Waals surface area contributed by atoms with E-state index in [-0.39, 0.29) is 5.41 Å². The minimum absolute atomic E-state index is 0.241. The lowest BCUT2D eigenvalue weighted by Crippen LogP contribution is -2.43. The predicted octanol–water partition coefficient (Wildman–Crippen LogP) is 3.64. The van der Waals surface area contributed by atoms with Crippen LogP contribution in [0.3, 0.4) is 0 Å². The normalized spacial score (nSPS) is 26.4. The van der Waals surface area contributed by atoms with Gasteiger partial charge in [0.1, 0.15) is 0 Å². The van der Waals surface area contributed by atoms with Gasteiger partial charge in [0.15, 0.2) is 0 Å². The Morgan fingerprint density at radius 1 is 1.25 bits per heavy atom. The zero-order chi connectivity index (χ0) is 14.8. The first kappa shape index (κ1) is 15.5. The molecule has 0 radical (unpaired) electrons. The standard InChI is InChI=1S/C18H29NO/c1-13(2)19-12-18(6-7-20-16(18)5)11-17-9-14(3)8-15(4)10-17/h8-10,13,16,19H,6-7,11-12H2,1-5H3. The summed E-state index contributed by atoms with van der Waals surface area (Å²) in [6, 6.07) is 7.43. The van der Waals surface area contributed by atoms with Crippen LogP contribution in [0.15, 0.2) is 18.2 Å². The second-order valence-corrected chi connectivity index (χ2v) is 6.83. The van der Waals surface area contributed by atoms with Crippen molar-refractivity contribution in [3.8, 4) is 0 Å². The molecule has 1 saturated heterocycles. The van der Waals surface area contributed by atoms with Crippen molar-refractivity contribution < 1.29 is 4.74 Å². The zero-order valence-corrected chi connectivity index (χ0v) is 13.6. The summed E-state index contributed by atoms with van der Waals surface area (Å²) in [4.78, 5) is 0. The molecule has 2 heteroatoms. The summed E-state index contributed by atoms with van der Waals surface area (Å²) in [5, 5.41) is 3.63. The minimum Gasteiger partial charge on any atom is -0.378 e. The first-order valence-electron chi connectivity index (χ1n) is 7.83. The topological polar surface area (TPSA) is 21.3 Å². The molecular weight excluding hydrogens is 246 g/mol. The molecule has 1 aromatic rings. The van der Waals surface area contributed by atoms with E-state index in [9.17, 15) is 0 Å². The van der Waals surface area contributed by atoms with Gasteiger partial charge in [-0.2, -0.15) is 0 Å². The molecule has 0 spiro atoms. The van der Waals surface area contributed by atoms with E-state index in [1.165, 1.54) is 16.7 Å². The van der Waals surface area contributed by atoms with Crippen LogP contribution < -0.4 is 5.32 Å². The average molecular weight is 275 g/mol. The molecule has 112 valence electrons. The van der Waals surface area contributed by atoms with E-state index >= 15 is 0 Å². The van der Waals surface area contributed by atoms with Crippen molar-refractivity contribution in [3.05, 3.63) is 34.9 Å². The van der Waals surface area contributed by atoms with Gasteiger partial charge < -0.3 is 10.1 Å². The maximum atomic E-state index is 5.89. The van der Waals surface area contributed by atoms with E-state index in [1.807, 2.05) is 0 Å². The first-order chi connectivity index (χ1) is 9.41. The maximum Gasteiger partial charge on any atom is 0.0619 e. The van der Waals surface area contributed by atoms with Gasteiger partial charge in [-0.3, -0.25) is 0 Å². The Hall–Kier alpha value is -0.860. The fourth-order valence-corrected chi connectivity index (χ4v) is 3.33. The van der Waals surface area contributed by atoms with Crippen LogP contribution in [-0.4, -0.2) is 25.3 Å². The molecule has 1 heterocycles. The van der Waals surface area contributed by atoms with E-state index < -0.39 is 0 Å². The highest BCUT2D eigenvalue weighted by Crippen LogP contribution is 2.38. The lowest BCUT2D eigenvalue weighted by atomic mass is 9.75. The van der Waals surface area contributed by atoms with E-state index in [0.29, 0.717) is 12.1 Å². The van der Waals surface area contributed by atoms with Gasteiger partial charge in [0, 0.05) is 24.6 Å². The van der Waals surface area contributed by atoms with Crippen LogP contribution >= 0.6 is 0 Å². The summed E-state index contributed by atoms with van der Waals surface area (Å²) >= 11 is 0. The SMILES string of the molecule is Cc1cc(C)cc(CC2(CNC(C)C)CCOC2C)c1. The largest absolute Gasteiger partial charge is 0.378 e. The average Bonchev–Trinajstić information content (AvgIpc) is 2.67. The van der Waals surface area contributed by atoms with Gasteiger partial charge in [-0.05, 0) is 39.2 Å². The van der Waals surface area contributed by atoms with Crippen molar-refractivity contribution >= 4 is 0 Å². The van der Waals surface area contributed by atoms with Gasteiger partial charge in [-0.1, -0.05) is 43.2 Å². The third-order valence-corrected chi connectivity index (χ3v) is 4.53. The van der Waals surface area contributed by atoms with Gasteiger partial charge in [-0.25, -0.2) is 0 Å². The van der Waals surface area contributed by atoms with Crippen LogP contribution in [0, 0.1) is 19.3 Å². The van der Waals surface area contributed by atoms with Crippen LogP contribution in [0.5, 0.6) is 0 Å². The number of aryl methyl sites for hydroxylation is 2. The summed E-state index contributed by atoms with van der Waals surface area (Å²) in [6.45, 7) is 13.0. The summed E-state index contributed by atoms with van der Waals surface area (Å²) in [6.07, 6.45) is 2.59. The van der Waals surface area contributed by atoms with E-state index in [4.69, 9.17) is 4.74 Å². The van der Waals surface area contributed by atoms with Crippen LogP contribution in [0.2, 0.25) is 0 Å². The molecule has 2 nitrogen and oxygen atoms in total. The van der Waals surface area contributed by atoms with Crippen molar-refractivity contribution in [1.82, 2.24) is 5.32 Å². The van der Waals surface area contributed by atoms with E-state index in [1.54, 1.807) is 0 Å². The number of hydrogen-bond acceptors (Lipinski definition) is 2. The molecule has 0 saturated carbocycles. The number of ether oxygens (including phenoxy) is 1. The van der Waals surface area contributed by atoms with Crippen LogP contribution in [0.1, 0.15) is 43.9 Å². The Kier molecular flexibility index (Phi) is 4.87. The molecule has 0 aromatic heterocycles. The van der Waals surface area contributed by atoms with Gasteiger partial charge in [0.05, 0.1) is 6.10 Å². The van der Waals surface area contributed by atoms with E-state index in [2.05, 4.69) is 58.1 Å². The summed E-state index contributed by atoms with van der Waals surface area (Å²) in [7, 11) is 0. The summed E-state index contributed by atoms with van der Waals surface area (Å²) in [5.74, 6) is 0. The first-order valence-corrected chi connectivity index (χ1v) is 7.83. The third kappa shape index (κ3) is 3.62. The predicted molar refractivity (Wildman–Crippen MR) is 85.2 cm³/mol. The number of rotatable bonds is 5. The van der Waals surface area contributed by atoms with Gasteiger partial charge in [0.2, 0.25) is 0 Å². The Labute approximate surface area is 123 Å². The van der Waals surface area contributed by atoms with Crippen molar-refractivity contribution in [1.29, 1.82) is 0 Å². The third-order valence-electron chi connectivity index (χ3n) is 4.53. The Morgan fingerprint density at radius 2 is 1.90 bits per heavy atom. The number of hydrogen-bond donors (Lipinski definition) is 1. The molecule has 1 aromatic carbocycles. The number of nitrogens with one attached hydrogen (secondary N) is 1. The maximum absolute atomic E-state index is 5.89. The van der Waals surface area contributed by atoms with Gasteiger partial charge in [-0.15, -0.1) is 0 Å². The second kappa shape index (κ2) is 6.28. The molecule has 1 aliphatic heterocycles. The van der Waals surface area contributed by atoms with Crippen LogP contribution in [0.25, 0.3) is 0 Å². The number of benzene rings is 1. The Morgan fingerprint density at radius 3 is 2.40 bits per heavy atom. The highest BCUT2D eigenvalue weighted by Gasteiger charge is 2.41. The van der Waals surface area contributed by atoms with Crippen molar-refractivity contribution in [2.24, 2.45) is 5.41 Å². The molecule has 0 amide bonds. The molecule has 0 bridgehead atoms. The Balaban J connectivity index is 2.19. The fraction of sp³-hybridized carbons (Fsp3) is 0.667.